The van der Waals surface area contributed by atoms with Crippen LogP contribution in [0, 0.1) is 5.92 Å². The Labute approximate surface area is 81.6 Å². The van der Waals surface area contributed by atoms with Crippen LogP contribution in [0.4, 0.5) is 0 Å². The number of aliphatic carboxylic acids is 1. The highest BCUT2D eigenvalue weighted by Crippen LogP contribution is 2.14. The second-order valence-electron chi connectivity index (χ2n) is 3.45. The third kappa shape index (κ3) is 3.55. The predicted octanol–water partition coefficient (Wildman–Crippen LogP) is 1.97. The van der Waals surface area contributed by atoms with E-state index < -0.39 is 5.97 Å². The molecule has 0 aromatic carbocycles. The van der Waals surface area contributed by atoms with Crippen LogP contribution in [0.15, 0.2) is 6.07 Å². The monoisotopic (exact) mass is 199 g/mol. The lowest BCUT2D eigenvalue weighted by Gasteiger charge is -1.98. The van der Waals surface area contributed by atoms with Crippen LogP contribution in [0.1, 0.15) is 24.4 Å². The van der Waals surface area contributed by atoms with Gasteiger partial charge < -0.3 is 5.11 Å². The van der Waals surface area contributed by atoms with Gasteiger partial charge in [0.05, 0.1) is 12.1 Å². The Morgan fingerprint density at radius 1 is 1.69 bits per heavy atom. The summed E-state index contributed by atoms with van der Waals surface area (Å²) in [6.07, 6.45) is 1.02. The SMILES string of the molecule is CC(C)Cc1cc(CC(=O)O)sn1. The molecule has 0 saturated carbocycles. The van der Waals surface area contributed by atoms with Gasteiger partial charge in [0.1, 0.15) is 0 Å². The lowest BCUT2D eigenvalue weighted by molar-refractivity contribution is -0.136. The molecule has 0 bridgehead atoms. The maximum absolute atomic E-state index is 10.4. The lowest BCUT2D eigenvalue weighted by Crippen LogP contribution is -1.97. The summed E-state index contributed by atoms with van der Waals surface area (Å²) in [7, 11) is 0. The standard InChI is InChI=1S/C9H13NO2S/c1-6(2)3-7-4-8(13-10-7)5-9(11)12/h4,6H,3,5H2,1-2H3,(H,11,12). The predicted molar refractivity (Wildman–Crippen MR) is 52.0 cm³/mol. The van der Waals surface area contributed by atoms with Crippen molar-refractivity contribution in [1.82, 2.24) is 4.37 Å². The van der Waals surface area contributed by atoms with E-state index >= 15 is 0 Å². The van der Waals surface area contributed by atoms with Crippen molar-refractivity contribution in [3.05, 3.63) is 16.6 Å². The van der Waals surface area contributed by atoms with Gasteiger partial charge in [-0.3, -0.25) is 4.79 Å². The van der Waals surface area contributed by atoms with E-state index in [0.29, 0.717) is 5.92 Å². The number of aromatic nitrogens is 1. The summed E-state index contributed by atoms with van der Waals surface area (Å²) >= 11 is 1.29. The van der Waals surface area contributed by atoms with Crippen molar-refractivity contribution < 1.29 is 9.90 Å². The van der Waals surface area contributed by atoms with Crippen LogP contribution in [-0.2, 0) is 17.6 Å². The van der Waals surface area contributed by atoms with Gasteiger partial charge in [0.2, 0.25) is 0 Å². The fourth-order valence-corrected chi connectivity index (χ4v) is 1.84. The molecule has 0 amide bonds. The van der Waals surface area contributed by atoms with E-state index in [2.05, 4.69) is 18.2 Å². The van der Waals surface area contributed by atoms with Crippen molar-refractivity contribution in [2.75, 3.05) is 0 Å². The van der Waals surface area contributed by atoms with Gasteiger partial charge in [-0.2, -0.15) is 4.37 Å². The molecular weight excluding hydrogens is 186 g/mol. The first-order valence-corrected chi connectivity index (χ1v) is 5.01. The van der Waals surface area contributed by atoms with E-state index in [1.165, 1.54) is 11.5 Å². The van der Waals surface area contributed by atoms with Crippen molar-refractivity contribution >= 4 is 17.5 Å². The van der Waals surface area contributed by atoms with E-state index in [4.69, 9.17) is 5.11 Å². The summed E-state index contributed by atoms with van der Waals surface area (Å²) in [6, 6.07) is 1.89. The zero-order valence-corrected chi connectivity index (χ0v) is 8.60. The summed E-state index contributed by atoms with van der Waals surface area (Å²) in [5, 5.41) is 8.54. The van der Waals surface area contributed by atoms with Gasteiger partial charge >= 0.3 is 5.97 Å². The topological polar surface area (TPSA) is 50.2 Å². The Kier molecular flexibility index (Phi) is 3.42. The molecule has 72 valence electrons. The zero-order valence-electron chi connectivity index (χ0n) is 7.78. The Balaban J connectivity index is 2.58. The molecule has 0 aliphatic heterocycles. The van der Waals surface area contributed by atoms with E-state index in [1.54, 1.807) is 0 Å². The summed E-state index contributed by atoms with van der Waals surface area (Å²) in [5.74, 6) is -0.223. The summed E-state index contributed by atoms with van der Waals surface area (Å²) in [5.41, 5.74) is 1.01. The highest BCUT2D eigenvalue weighted by molar-refractivity contribution is 7.05. The Bertz CT molecular complexity index is 294. The maximum Gasteiger partial charge on any atom is 0.308 e. The van der Waals surface area contributed by atoms with Gasteiger partial charge in [0.25, 0.3) is 0 Å². The fourth-order valence-electron chi connectivity index (χ4n) is 1.10. The van der Waals surface area contributed by atoms with E-state index in [0.717, 1.165) is 17.0 Å². The van der Waals surface area contributed by atoms with Gasteiger partial charge in [0, 0.05) is 4.88 Å². The highest BCUT2D eigenvalue weighted by atomic mass is 32.1. The van der Waals surface area contributed by atoms with Gasteiger partial charge in [-0.15, -0.1) is 0 Å². The van der Waals surface area contributed by atoms with Crippen molar-refractivity contribution in [3.63, 3.8) is 0 Å². The van der Waals surface area contributed by atoms with E-state index in [-0.39, 0.29) is 6.42 Å². The second kappa shape index (κ2) is 4.37. The number of carboxylic acid groups (broad SMARTS) is 1. The molecule has 1 aromatic rings. The smallest absolute Gasteiger partial charge is 0.308 e. The van der Waals surface area contributed by atoms with Crippen molar-refractivity contribution in [2.24, 2.45) is 5.92 Å². The van der Waals surface area contributed by atoms with Crippen LogP contribution in [0.5, 0.6) is 0 Å². The Morgan fingerprint density at radius 2 is 2.38 bits per heavy atom. The molecule has 0 spiro atoms. The van der Waals surface area contributed by atoms with Gasteiger partial charge in [-0.1, -0.05) is 13.8 Å². The first kappa shape index (κ1) is 10.2. The molecule has 3 nitrogen and oxygen atoms in total. The van der Waals surface area contributed by atoms with Gasteiger partial charge in [0.15, 0.2) is 0 Å². The molecule has 1 heterocycles. The first-order chi connectivity index (χ1) is 6.08. The summed E-state index contributed by atoms with van der Waals surface area (Å²) < 4.78 is 4.19. The molecular formula is C9H13NO2S. The largest absolute Gasteiger partial charge is 0.481 e. The summed E-state index contributed by atoms with van der Waals surface area (Å²) in [4.78, 5) is 11.2. The van der Waals surface area contributed by atoms with Crippen molar-refractivity contribution in [2.45, 2.75) is 26.7 Å². The third-order valence-corrected chi connectivity index (χ3v) is 2.37. The molecule has 13 heavy (non-hydrogen) atoms. The van der Waals surface area contributed by atoms with Crippen LogP contribution < -0.4 is 0 Å². The minimum absolute atomic E-state index is 0.0930. The number of carbonyl (C=O) groups is 1. The zero-order chi connectivity index (χ0) is 9.84. The molecule has 4 heteroatoms. The van der Waals surface area contributed by atoms with Crippen LogP contribution in [0.25, 0.3) is 0 Å². The average molecular weight is 199 g/mol. The van der Waals surface area contributed by atoms with Crippen LogP contribution in [0.2, 0.25) is 0 Å². The quantitative estimate of drug-likeness (QED) is 0.806. The molecule has 0 saturated heterocycles. The minimum Gasteiger partial charge on any atom is -0.481 e. The molecule has 1 aromatic heterocycles. The third-order valence-electron chi connectivity index (χ3n) is 1.55. The lowest BCUT2D eigenvalue weighted by atomic mass is 10.1. The molecule has 0 aliphatic carbocycles. The average Bonchev–Trinajstić information content (AvgIpc) is 2.33. The number of carboxylic acids is 1. The maximum atomic E-state index is 10.4. The molecule has 0 radical (unpaired) electrons. The molecule has 1 rings (SSSR count). The molecule has 0 atom stereocenters. The van der Waals surface area contributed by atoms with Crippen molar-refractivity contribution in [3.8, 4) is 0 Å². The number of hydrogen-bond acceptors (Lipinski definition) is 3. The Hall–Kier alpha value is -0.900. The van der Waals surface area contributed by atoms with E-state index in [9.17, 15) is 4.79 Å². The summed E-state index contributed by atoms with van der Waals surface area (Å²) in [6.45, 7) is 4.24. The first-order valence-electron chi connectivity index (χ1n) is 4.24. The van der Waals surface area contributed by atoms with Crippen LogP contribution in [-0.4, -0.2) is 15.4 Å². The van der Waals surface area contributed by atoms with Crippen LogP contribution in [0.3, 0.4) is 0 Å². The van der Waals surface area contributed by atoms with Crippen molar-refractivity contribution in [1.29, 1.82) is 0 Å². The Morgan fingerprint density at radius 3 is 2.92 bits per heavy atom. The minimum atomic E-state index is -0.792. The number of nitrogens with zero attached hydrogens (tertiary/aromatic N) is 1. The highest BCUT2D eigenvalue weighted by Gasteiger charge is 2.06. The van der Waals surface area contributed by atoms with Gasteiger partial charge in [-0.25, -0.2) is 0 Å². The normalized spacial score (nSPS) is 10.7. The van der Waals surface area contributed by atoms with Crippen LogP contribution >= 0.6 is 11.5 Å². The van der Waals surface area contributed by atoms with Gasteiger partial charge in [-0.05, 0) is 29.9 Å². The fraction of sp³-hybridized carbons (Fsp3) is 0.556. The molecule has 1 N–H and O–H groups in total. The molecule has 0 fully saturated rings. The molecule has 0 aliphatic rings. The molecule has 0 unspecified atom stereocenters. The second-order valence-corrected chi connectivity index (χ2v) is 4.34. The van der Waals surface area contributed by atoms with E-state index in [1.807, 2.05) is 6.07 Å². The number of hydrogen-bond donors (Lipinski definition) is 1. The number of rotatable bonds is 4.